The fraction of sp³-hybridized carbons (Fsp3) is 0.348. The number of hydrogen-bond acceptors (Lipinski definition) is 8. The molecule has 0 radical (unpaired) electrons. The van der Waals surface area contributed by atoms with Gasteiger partial charge >= 0.3 is 5.97 Å². The fourth-order valence-electron chi connectivity index (χ4n) is 4.66. The molecule has 9 heteroatoms. The van der Waals surface area contributed by atoms with Crippen LogP contribution in [0.5, 0.6) is 5.75 Å². The van der Waals surface area contributed by atoms with Crippen LogP contribution in [0.25, 0.3) is 22.3 Å². The lowest BCUT2D eigenvalue weighted by molar-refractivity contribution is -0.172. The molecule has 0 bridgehead atoms. The second kappa shape index (κ2) is 7.13. The summed E-state index contributed by atoms with van der Waals surface area (Å²) in [6, 6.07) is 6.66. The topological polar surface area (TPSA) is 131 Å². The number of phenols is 1. The third kappa shape index (κ3) is 2.78. The van der Waals surface area contributed by atoms with Gasteiger partial charge in [-0.05, 0) is 43.3 Å². The van der Waals surface area contributed by atoms with Crippen molar-refractivity contribution in [2.75, 3.05) is 13.7 Å². The molecule has 0 saturated carbocycles. The van der Waals surface area contributed by atoms with Gasteiger partial charge in [0.25, 0.3) is 5.56 Å². The van der Waals surface area contributed by atoms with Crippen LogP contribution < -0.4 is 11.3 Å². The van der Waals surface area contributed by atoms with Crippen LogP contribution in [-0.4, -0.2) is 44.3 Å². The molecule has 2 aromatic heterocycles. The number of pyridine rings is 2. The van der Waals surface area contributed by atoms with E-state index in [4.69, 9.17) is 15.5 Å². The van der Waals surface area contributed by atoms with E-state index in [0.717, 1.165) is 16.5 Å². The highest BCUT2D eigenvalue weighted by atomic mass is 16.6. The number of carbonyl (C=O) groups is 1. The molecule has 9 nitrogen and oxygen atoms in total. The van der Waals surface area contributed by atoms with Crippen molar-refractivity contribution >= 4 is 16.9 Å². The monoisotopic (exact) mass is 436 g/mol. The van der Waals surface area contributed by atoms with E-state index >= 15 is 0 Å². The van der Waals surface area contributed by atoms with Gasteiger partial charge in [0.15, 0.2) is 5.60 Å². The van der Waals surface area contributed by atoms with Gasteiger partial charge in [-0.1, -0.05) is 6.92 Å². The molecular weight excluding hydrogens is 412 g/mol. The molecule has 32 heavy (non-hydrogen) atoms. The summed E-state index contributed by atoms with van der Waals surface area (Å²) in [6.07, 6.45) is 0.0888. The van der Waals surface area contributed by atoms with Gasteiger partial charge in [-0.15, -0.1) is 0 Å². The van der Waals surface area contributed by atoms with E-state index < -0.39 is 11.6 Å². The highest BCUT2D eigenvalue weighted by molar-refractivity contribution is 5.89. The number of aromatic hydroxyl groups is 1. The standard InChI is InChI=1S/C23H24N4O5/c1-3-23(31)17-7-19-20-15(9-27(19)21(29)16(17)10-32-22(23)30)14(8-26(2)11-24)13-6-12(28)4-5-18(13)25-20/h4-7,28,31H,3,8-11,24H2,1-2H3/t23-/m0/s1. The normalized spacial score (nSPS) is 19.1. The van der Waals surface area contributed by atoms with E-state index in [1.165, 1.54) is 0 Å². The lowest BCUT2D eigenvalue weighted by atomic mass is 9.86. The number of carbonyl (C=O) groups excluding carboxylic acids is 1. The predicted molar refractivity (Wildman–Crippen MR) is 117 cm³/mol. The molecule has 0 amide bonds. The van der Waals surface area contributed by atoms with Gasteiger partial charge < -0.3 is 25.3 Å². The summed E-state index contributed by atoms with van der Waals surface area (Å²) in [5.41, 5.74) is 7.85. The van der Waals surface area contributed by atoms with Crippen molar-refractivity contribution in [1.29, 1.82) is 0 Å². The van der Waals surface area contributed by atoms with Gasteiger partial charge in [-0.3, -0.25) is 9.69 Å². The Hall–Kier alpha value is -3.27. The molecule has 0 spiro atoms. The number of rotatable bonds is 4. The average Bonchev–Trinajstić information content (AvgIpc) is 3.15. The van der Waals surface area contributed by atoms with E-state index in [-0.39, 0.29) is 35.5 Å². The Morgan fingerprint density at radius 2 is 2.06 bits per heavy atom. The molecular formula is C23H24N4O5. The molecule has 1 atom stereocenters. The number of phenolic OH excluding ortho intramolecular Hbond substituents is 1. The van der Waals surface area contributed by atoms with Crippen molar-refractivity contribution in [3.63, 3.8) is 0 Å². The molecule has 1 aromatic carbocycles. The molecule has 0 unspecified atom stereocenters. The van der Waals surface area contributed by atoms with Crippen molar-refractivity contribution in [2.24, 2.45) is 5.73 Å². The number of aliphatic hydroxyl groups is 1. The first-order chi connectivity index (χ1) is 15.3. The molecule has 4 N–H and O–H groups in total. The van der Waals surface area contributed by atoms with Crippen LogP contribution in [0.3, 0.4) is 0 Å². The Bertz CT molecular complexity index is 1350. The lowest BCUT2D eigenvalue weighted by Crippen LogP contribution is -2.44. The zero-order chi connectivity index (χ0) is 22.8. The van der Waals surface area contributed by atoms with Crippen LogP contribution in [0.4, 0.5) is 0 Å². The molecule has 3 aromatic rings. The number of cyclic esters (lactones) is 1. The number of benzene rings is 1. The van der Waals surface area contributed by atoms with Gasteiger partial charge in [0.2, 0.25) is 0 Å². The first kappa shape index (κ1) is 20.6. The minimum Gasteiger partial charge on any atom is -0.508 e. The summed E-state index contributed by atoms with van der Waals surface area (Å²) >= 11 is 0. The minimum absolute atomic E-state index is 0.0888. The van der Waals surface area contributed by atoms with Crippen molar-refractivity contribution in [3.05, 3.63) is 56.9 Å². The first-order valence-electron chi connectivity index (χ1n) is 10.5. The molecule has 166 valence electrons. The van der Waals surface area contributed by atoms with Crippen LogP contribution >= 0.6 is 0 Å². The highest BCUT2D eigenvalue weighted by Crippen LogP contribution is 2.40. The third-order valence-electron chi connectivity index (χ3n) is 6.53. The SMILES string of the molecule is CC[C@@]1(O)C(=O)OCc2c1cc1n(c2=O)Cc2c-1nc1ccc(O)cc1c2CN(C)CN. The Morgan fingerprint density at radius 3 is 2.78 bits per heavy atom. The fourth-order valence-corrected chi connectivity index (χ4v) is 4.66. The number of aromatic nitrogens is 2. The largest absolute Gasteiger partial charge is 0.508 e. The Kier molecular flexibility index (Phi) is 4.59. The van der Waals surface area contributed by atoms with E-state index in [0.29, 0.717) is 36.7 Å². The summed E-state index contributed by atoms with van der Waals surface area (Å²) in [7, 11) is 1.89. The summed E-state index contributed by atoms with van der Waals surface area (Å²) in [5.74, 6) is -0.620. The summed E-state index contributed by atoms with van der Waals surface area (Å²) in [6.45, 7) is 2.64. The molecule has 0 fully saturated rings. The smallest absolute Gasteiger partial charge is 0.343 e. The van der Waals surface area contributed by atoms with E-state index in [9.17, 15) is 19.8 Å². The van der Waals surface area contributed by atoms with Crippen molar-refractivity contribution in [3.8, 4) is 17.1 Å². The van der Waals surface area contributed by atoms with Crippen LogP contribution in [0.1, 0.15) is 35.6 Å². The number of hydrogen-bond donors (Lipinski definition) is 3. The van der Waals surface area contributed by atoms with Crippen LogP contribution in [0, 0.1) is 0 Å². The Balaban J connectivity index is 1.80. The second-order valence-electron chi connectivity index (χ2n) is 8.42. The zero-order valence-electron chi connectivity index (χ0n) is 17.9. The molecule has 2 aliphatic heterocycles. The van der Waals surface area contributed by atoms with Crippen molar-refractivity contribution in [1.82, 2.24) is 14.5 Å². The molecule has 0 saturated heterocycles. The maximum Gasteiger partial charge on any atom is 0.343 e. The van der Waals surface area contributed by atoms with E-state index in [1.54, 1.807) is 35.8 Å². The zero-order valence-corrected chi connectivity index (χ0v) is 17.9. The Morgan fingerprint density at radius 1 is 1.28 bits per heavy atom. The number of esters is 1. The van der Waals surface area contributed by atoms with Crippen molar-refractivity contribution < 1.29 is 19.7 Å². The summed E-state index contributed by atoms with van der Waals surface area (Å²) in [4.78, 5) is 32.5. The van der Waals surface area contributed by atoms with Gasteiger partial charge in [0.05, 0.1) is 29.0 Å². The minimum atomic E-state index is -1.86. The van der Waals surface area contributed by atoms with Crippen LogP contribution in [-0.2, 0) is 34.8 Å². The molecule has 5 rings (SSSR count). The number of fused-ring (bicyclic) bond motifs is 5. The quantitative estimate of drug-likeness (QED) is 0.321. The number of nitrogens with zero attached hydrogens (tertiary/aromatic N) is 3. The third-order valence-corrected chi connectivity index (χ3v) is 6.53. The highest BCUT2D eigenvalue weighted by Gasteiger charge is 2.45. The molecule has 4 heterocycles. The number of nitrogens with two attached hydrogens (primary N) is 1. The van der Waals surface area contributed by atoms with Gasteiger partial charge in [-0.2, -0.15) is 0 Å². The Labute approximate surface area is 183 Å². The van der Waals surface area contributed by atoms with Crippen LogP contribution in [0.15, 0.2) is 29.1 Å². The molecule has 0 aliphatic carbocycles. The average molecular weight is 436 g/mol. The van der Waals surface area contributed by atoms with Gasteiger partial charge in [-0.25, -0.2) is 9.78 Å². The predicted octanol–water partition coefficient (Wildman–Crippen LogP) is 1.13. The second-order valence-corrected chi connectivity index (χ2v) is 8.42. The first-order valence-corrected chi connectivity index (χ1v) is 10.5. The maximum absolute atomic E-state index is 13.4. The number of ether oxygens (including phenoxy) is 1. The van der Waals surface area contributed by atoms with Crippen molar-refractivity contribution in [2.45, 2.75) is 38.6 Å². The summed E-state index contributed by atoms with van der Waals surface area (Å²) in [5, 5.41) is 21.9. The van der Waals surface area contributed by atoms with E-state index in [1.807, 2.05) is 11.9 Å². The lowest BCUT2D eigenvalue weighted by Gasteiger charge is -2.31. The molecule has 2 aliphatic rings. The van der Waals surface area contributed by atoms with Gasteiger partial charge in [0, 0.05) is 29.7 Å². The van der Waals surface area contributed by atoms with Gasteiger partial charge in [0.1, 0.15) is 12.4 Å². The van der Waals surface area contributed by atoms with Crippen LogP contribution in [0.2, 0.25) is 0 Å². The maximum atomic E-state index is 13.4. The van der Waals surface area contributed by atoms with E-state index in [2.05, 4.69) is 0 Å². The summed E-state index contributed by atoms with van der Waals surface area (Å²) < 4.78 is 6.74.